The van der Waals surface area contributed by atoms with Crippen LogP contribution in [-0.2, 0) is 0 Å². The number of hydrogen-bond donors (Lipinski definition) is 4. The first-order chi connectivity index (χ1) is 14.5. The highest BCUT2D eigenvalue weighted by molar-refractivity contribution is 6.13. The maximum atomic E-state index is 12.7. The molecule has 5 N–H and O–H groups in total. The van der Waals surface area contributed by atoms with E-state index in [1.807, 2.05) is 24.3 Å². The number of phenolic OH excluding ortho intramolecular Hbond substituents is 1. The van der Waals surface area contributed by atoms with Crippen molar-refractivity contribution in [1.29, 1.82) is 0 Å². The van der Waals surface area contributed by atoms with Gasteiger partial charge in [0.05, 0.1) is 11.3 Å². The summed E-state index contributed by atoms with van der Waals surface area (Å²) in [6, 6.07) is 24.5. The molecule has 0 aliphatic heterocycles. The van der Waals surface area contributed by atoms with Crippen molar-refractivity contribution in [2.45, 2.75) is 0 Å². The van der Waals surface area contributed by atoms with E-state index in [2.05, 4.69) is 10.6 Å². The van der Waals surface area contributed by atoms with Crippen LogP contribution in [0.5, 0.6) is 5.75 Å². The maximum absolute atomic E-state index is 12.7. The standard InChI is InChI=1S/C24H19N3O3/c25-21-19-12-11-15(23(29)26-17-7-3-1-4-8-17)13-16(19)14-20(22(21)28)24(30)27-18-9-5-2-6-10-18/h1-14,28H,25H2,(H,26,29)(H,27,30). The third-order valence-electron chi connectivity index (χ3n) is 4.72. The summed E-state index contributed by atoms with van der Waals surface area (Å²) >= 11 is 0. The minimum Gasteiger partial charge on any atom is -0.505 e. The fourth-order valence-electron chi connectivity index (χ4n) is 3.18. The Morgan fingerprint density at radius 1 is 0.733 bits per heavy atom. The van der Waals surface area contributed by atoms with Crippen LogP contribution in [0.1, 0.15) is 20.7 Å². The summed E-state index contributed by atoms with van der Waals surface area (Å²) in [5.41, 5.74) is 7.86. The molecule has 0 unspecified atom stereocenters. The van der Waals surface area contributed by atoms with Gasteiger partial charge in [-0.25, -0.2) is 0 Å². The number of fused-ring (bicyclic) bond motifs is 1. The Kier molecular flexibility index (Phi) is 5.05. The quantitative estimate of drug-likeness (QED) is 0.298. The van der Waals surface area contributed by atoms with Crippen LogP contribution in [0, 0.1) is 0 Å². The van der Waals surface area contributed by atoms with Crippen molar-refractivity contribution in [1.82, 2.24) is 0 Å². The number of carbonyl (C=O) groups is 2. The molecule has 0 atom stereocenters. The van der Waals surface area contributed by atoms with Gasteiger partial charge in [0, 0.05) is 22.3 Å². The lowest BCUT2D eigenvalue weighted by atomic mass is 10.0. The zero-order valence-corrected chi connectivity index (χ0v) is 15.9. The molecule has 148 valence electrons. The number of nitrogens with two attached hydrogens (primary N) is 1. The summed E-state index contributed by atoms with van der Waals surface area (Å²) in [5.74, 6) is -1.08. The van der Waals surface area contributed by atoms with Gasteiger partial charge in [-0.05, 0) is 47.9 Å². The molecule has 0 fully saturated rings. The van der Waals surface area contributed by atoms with Gasteiger partial charge in [0.2, 0.25) is 0 Å². The van der Waals surface area contributed by atoms with Crippen LogP contribution in [0.25, 0.3) is 10.8 Å². The molecule has 0 aliphatic carbocycles. The van der Waals surface area contributed by atoms with Crippen molar-refractivity contribution in [3.8, 4) is 5.75 Å². The maximum Gasteiger partial charge on any atom is 0.259 e. The molecule has 4 aromatic carbocycles. The number of aromatic hydroxyl groups is 1. The third-order valence-corrected chi connectivity index (χ3v) is 4.72. The smallest absolute Gasteiger partial charge is 0.259 e. The Bertz CT molecular complexity index is 1240. The van der Waals surface area contributed by atoms with Crippen molar-refractivity contribution >= 4 is 39.6 Å². The van der Waals surface area contributed by atoms with Crippen LogP contribution >= 0.6 is 0 Å². The number of amides is 2. The van der Waals surface area contributed by atoms with E-state index in [4.69, 9.17) is 5.73 Å². The summed E-state index contributed by atoms with van der Waals surface area (Å²) in [5, 5.41) is 17.1. The van der Waals surface area contributed by atoms with Crippen LogP contribution in [0.4, 0.5) is 17.1 Å². The lowest BCUT2D eigenvalue weighted by Gasteiger charge is -2.12. The SMILES string of the molecule is Nc1c(O)c(C(=O)Nc2ccccc2)cc2cc(C(=O)Nc3ccccc3)ccc12. The molecule has 4 aromatic rings. The number of nitrogen functional groups attached to an aromatic ring is 1. The van der Waals surface area contributed by atoms with E-state index < -0.39 is 5.91 Å². The Labute approximate surface area is 173 Å². The van der Waals surface area contributed by atoms with Crippen LogP contribution < -0.4 is 16.4 Å². The molecule has 2 amide bonds. The molecule has 0 aliphatic rings. The molecule has 0 aromatic heterocycles. The molecule has 0 saturated heterocycles. The van der Waals surface area contributed by atoms with E-state index in [1.165, 1.54) is 6.07 Å². The van der Waals surface area contributed by atoms with Gasteiger partial charge in [0.25, 0.3) is 11.8 Å². The number of phenols is 1. The summed E-state index contributed by atoms with van der Waals surface area (Å²) in [4.78, 5) is 25.3. The minimum atomic E-state index is -0.494. The number of nitrogens with one attached hydrogen (secondary N) is 2. The first-order valence-electron chi connectivity index (χ1n) is 9.31. The molecule has 0 saturated carbocycles. The van der Waals surface area contributed by atoms with Gasteiger partial charge in [-0.1, -0.05) is 42.5 Å². The lowest BCUT2D eigenvalue weighted by Crippen LogP contribution is -2.13. The van der Waals surface area contributed by atoms with Crippen molar-refractivity contribution < 1.29 is 14.7 Å². The van der Waals surface area contributed by atoms with Gasteiger partial charge < -0.3 is 21.5 Å². The van der Waals surface area contributed by atoms with Crippen molar-refractivity contribution in [2.24, 2.45) is 0 Å². The van der Waals surface area contributed by atoms with E-state index >= 15 is 0 Å². The lowest BCUT2D eigenvalue weighted by molar-refractivity contribution is 0.101. The molecule has 30 heavy (non-hydrogen) atoms. The topological polar surface area (TPSA) is 104 Å². The molecule has 6 heteroatoms. The number of anilines is 3. The monoisotopic (exact) mass is 397 g/mol. The predicted octanol–water partition coefficient (Wildman–Crippen LogP) is 4.63. The van der Waals surface area contributed by atoms with Crippen molar-refractivity contribution in [2.75, 3.05) is 16.4 Å². The Morgan fingerprint density at radius 2 is 1.30 bits per heavy atom. The van der Waals surface area contributed by atoms with E-state index in [1.54, 1.807) is 54.6 Å². The van der Waals surface area contributed by atoms with Gasteiger partial charge in [0.15, 0.2) is 5.75 Å². The van der Waals surface area contributed by atoms with Crippen LogP contribution in [-0.4, -0.2) is 16.9 Å². The predicted molar refractivity (Wildman–Crippen MR) is 119 cm³/mol. The molecular formula is C24H19N3O3. The largest absolute Gasteiger partial charge is 0.505 e. The number of hydrogen-bond acceptors (Lipinski definition) is 4. The van der Waals surface area contributed by atoms with Gasteiger partial charge >= 0.3 is 0 Å². The number of rotatable bonds is 4. The molecule has 0 bridgehead atoms. The Morgan fingerprint density at radius 3 is 1.90 bits per heavy atom. The van der Waals surface area contributed by atoms with Crippen LogP contribution in [0.3, 0.4) is 0 Å². The molecule has 0 heterocycles. The first kappa shape index (κ1) is 19.0. The number of benzene rings is 4. The summed E-state index contributed by atoms with van der Waals surface area (Å²) in [6.07, 6.45) is 0. The average molecular weight is 397 g/mol. The Balaban J connectivity index is 1.68. The average Bonchev–Trinajstić information content (AvgIpc) is 2.77. The highest BCUT2D eigenvalue weighted by Crippen LogP contribution is 2.34. The van der Waals surface area contributed by atoms with E-state index in [0.29, 0.717) is 27.7 Å². The highest BCUT2D eigenvalue weighted by atomic mass is 16.3. The van der Waals surface area contributed by atoms with E-state index in [-0.39, 0.29) is 22.9 Å². The zero-order valence-electron chi connectivity index (χ0n) is 15.9. The second-order valence-corrected chi connectivity index (χ2v) is 6.76. The number of carbonyl (C=O) groups excluding carboxylic acids is 2. The van der Waals surface area contributed by atoms with Crippen LogP contribution in [0.15, 0.2) is 84.9 Å². The fraction of sp³-hybridized carbons (Fsp3) is 0. The molecule has 0 radical (unpaired) electrons. The van der Waals surface area contributed by atoms with Crippen LogP contribution in [0.2, 0.25) is 0 Å². The van der Waals surface area contributed by atoms with Gasteiger partial charge in [-0.3, -0.25) is 9.59 Å². The van der Waals surface area contributed by atoms with Crippen molar-refractivity contribution in [3.05, 3.63) is 96.1 Å². The van der Waals surface area contributed by atoms with Gasteiger partial charge in [0.1, 0.15) is 0 Å². The summed E-state index contributed by atoms with van der Waals surface area (Å²) < 4.78 is 0. The molecule has 6 nitrogen and oxygen atoms in total. The molecular weight excluding hydrogens is 378 g/mol. The third kappa shape index (κ3) is 3.79. The van der Waals surface area contributed by atoms with Gasteiger partial charge in [-0.15, -0.1) is 0 Å². The second kappa shape index (κ2) is 7.97. The first-order valence-corrected chi connectivity index (χ1v) is 9.31. The normalized spacial score (nSPS) is 10.5. The minimum absolute atomic E-state index is 0.0319. The van der Waals surface area contributed by atoms with E-state index in [9.17, 15) is 14.7 Å². The molecule has 4 rings (SSSR count). The highest BCUT2D eigenvalue weighted by Gasteiger charge is 2.18. The zero-order chi connectivity index (χ0) is 21.1. The summed E-state index contributed by atoms with van der Waals surface area (Å²) in [6.45, 7) is 0. The second-order valence-electron chi connectivity index (χ2n) is 6.76. The fourth-order valence-corrected chi connectivity index (χ4v) is 3.18. The Hall–Kier alpha value is -4.32. The molecule has 0 spiro atoms. The van der Waals surface area contributed by atoms with Gasteiger partial charge in [-0.2, -0.15) is 0 Å². The van der Waals surface area contributed by atoms with Crippen molar-refractivity contribution in [3.63, 3.8) is 0 Å². The number of para-hydroxylation sites is 2. The van der Waals surface area contributed by atoms with E-state index in [0.717, 1.165) is 0 Å². The summed E-state index contributed by atoms with van der Waals surface area (Å²) in [7, 11) is 0.